The Balaban J connectivity index is 2.04. The molecule has 1 heterocycles. The van der Waals surface area contributed by atoms with Gasteiger partial charge < -0.3 is 0 Å². The van der Waals surface area contributed by atoms with Gasteiger partial charge >= 0.3 is 0 Å². The highest BCUT2D eigenvalue weighted by atomic mass is 32.2. The van der Waals surface area contributed by atoms with Gasteiger partial charge in [0.2, 0.25) is 10.0 Å². The molecule has 24 heavy (non-hydrogen) atoms. The lowest BCUT2D eigenvalue weighted by atomic mass is 10.0. The number of benzene rings is 2. The fourth-order valence-electron chi connectivity index (χ4n) is 3.84. The molecule has 3 nitrogen and oxygen atoms in total. The molecule has 0 spiro atoms. The summed E-state index contributed by atoms with van der Waals surface area (Å²) in [5.41, 5.74) is 5.05. The topological polar surface area (TPSA) is 37.4 Å². The summed E-state index contributed by atoms with van der Waals surface area (Å²) in [6.07, 6.45) is 1.79. The summed E-state index contributed by atoms with van der Waals surface area (Å²) >= 11 is 0. The molecule has 0 bridgehead atoms. The maximum Gasteiger partial charge on any atom is 0.244 e. The average Bonchev–Trinajstić information content (AvgIpc) is 2.96. The van der Waals surface area contributed by atoms with E-state index in [1.165, 1.54) is 5.56 Å². The third-order valence-electron chi connectivity index (χ3n) is 4.84. The highest BCUT2D eigenvalue weighted by Gasteiger charge is 2.37. The third kappa shape index (κ3) is 3.01. The number of rotatable bonds is 3. The predicted octanol–water partition coefficient (Wildman–Crippen LogP) is 4.45. The molecule has 3 rings (SSSR count). The Labute approximate surface area is 145 Å². The van der Waals surface area contributed by atoms with Crippen molar-refractivity contribution in [2.75, 3.05) is 6.54 Å². The molecule has 1 aliphatic heterocycles. The van der Waals surface area contributed by atoms with Gasteiger partial charge in [-0.3, -0.25) is 0 Å². The lowest BCUT2D eigenvalue weighted by Gasteiger charge is -2.26. The Kier molecular flexibility index (Phi) is 4.54. The molecule has 0 N–H and O–H groups in total. The quantitative estimate of drug-likeness (QED) is 0.826. The Morgan fingerprint density at radius 2 is 1.50 bits per heavy atom. The molecular weight excluding hydrogens is 318 g/mol. The molecule has 1 saturated heterocycles. The molecule has 0 saturated carbocycles. The number of hydrogen-bond acceptors (Lipinski definition) is 2. The van der Waals surface area contributed by atoms with E-state index in [9.17, 15) is 8.42 Å². The van der Waals surface area contributed by atoms with Gasteiger partial charge in [0.25, 0.3) is 0 Å². The van der Waals surface area contributed by atoms with Crippen LogP contribution < -0.4 is 0 Å². The Hall–Kier alpha value is -1.65. The monoisotopic (exact) mass is 343 g/mol. The van der Waals surface area contributed by atoms with E-state index in [4.69, 9.17) is 0 Å². The van der Waals surface area contributed by atoms with Crippen LogP contribution in [0.15, 0.2) is 41.3 Å². The molecule has 128 valence electrons. The minimum absolute atomic E-state index is 0.0595. The zero-order valence-corrected chi connectivity index (χ0v) is 15.7. The zero-order chi connectivity index (χ0) is 17.5. The first-order valence-electron chi connectivity index (χ1n) is 8.47. The van der Waals surface area contributed by atoms with Crippen LogP contribution in [0.3, 0.4) is 0 Å². The van der Waals surface area contributed by atoms with E-state index in [0.717, 1.165) is 35.1 Å². The van der Waals surface area contributed by atoms with Crippen LogP contribution in [0.2, 0.25) is 0 Å². The summed E-state index contributed by atoms with van der Waals surface area (Å²) in [6, 6.07) is 12.1. The molecule has 1 fully saturated rings. The van der Waals surface area contributed by atoms with Crippen LogP contribution in [-0.2, 0) is 10.0 Å². The molecule has 2 aromatic carbocycles. The van der Waals surface area contributed by atoms with Gasteiger partial charge in [0.15, 0.2) is 0 Å². The van der Waals surface area contributed by atoms with Crippen LogP contribution >= 0.6 is 0 Å². The minimum Gasteiger partial charge on any atom is -0.207 e. The molecule has 0 amide bonds. The normalized spacial score (nSPS) is 18.9. The van der Waals surface area contributed by atoms with Crippen molar-refractivity contribution in [2.24, 2.45) is 0 Å². The van der Waals surface area contributed by atoms with Crippen LogP contribution in [-0.4, -0.2) is 19.3 Å². The SMILES string of the molecule is Cc1ccc([C@@H]2CCCN2S(=O)(=O)c2c(C)cc(C)cc2C)cc1. The van der Waals surface area contributed by atoms with E-state index in [1.807, 2.05) is 39.8 Å². The van der Waals surface area contributed by atoms with Crippen molar-refractivity contribution in [3.63, 3.8) is 0 Å². The van der Waals surface area contributed by atoms with Crippen molar-refractivity contribution < 1.29 is 8.42 Å². The Bertz CT molecular complexity index is 831. The Morgan fingerprint density at radius 1 is 0.917 bits per heavy atom. The van der Waals surface area contributed by atoms with E-state index < -0.39 is 10.0 Å². The van der Waals surface area contributed by atoms with Gasteiger partial charge in [-0.15, -0.1) is 0 Å². The van der Waals surface area contributed by atoms with Crippen molar-refractivity contribution in [2.45, 2.75) is 51.5 Å². The second kappa shape index (κ2) is 6.34. The first-order chi connectivity index (χ1) is 11.3. The van der Waals surface area contributed by atoms with Gasteiger partial charge in [-0.05, 0) is 57.2 Å². The summed E-state index contributed by atoms with van der Waals surface area (Å²) < 4.78 is 28.4. The third-order valence-corrected chi connectivity index (χ3v) is 7.05. The van der Waals surface area contributed by atoms with Gasteiger partial charge in [-0.1, -0.05) is 47.5 Å². The van der Waals surface area contributed by atoms with Crippen LogP contribution in [0.4, 0.5) is 0 Å². The van der Waals surface area contributed by atoms with Crippen molar-refractivity contribution in [3.05, 3.63) is 64.2 Å². The van der Waals surface area contributed by atoms with Crippen LogP contribution in [0.1, 0.15) is 46.7 Å². The second-order valence-electron chi connectivity index (χ2n) is 6.91. The number of hydrogen-bond donors (Lipinski definition) is 0. The van der Waals surface area contributed by atoms with E-state index >= 15 is 0 Å². The van der Waals surface area contributed by atoms with Gasteiger partial charge in [0.1, 0.15) is 0 Å². The van der Waals surface area contributed by atoms with Crippen LogP contribution in [0, 0.1) is 27.7 Å². The smallest absolute Gasteiger partial charge is 0.207 e. The van der Waals surface area contributed by atoms with Crippen molar-refractivity contribution in [1.29, 1.82) is 0 Å². The summed E-state index contributed by atoms with van der Waals surface area (Å²) in [6.45, 7) is 8.43. The van der Waals surface area contributed by atoms with E-state index in [0.29, 0.717) is 11.4 Å². The molecule has 2 aromatic rings. The summed E-state index contributed by atoms with van der Waals surface area (Å²) in [5.74, 6) is 0. The average molecular weight is 343 g/mol. The largest absolute Gasteiger partial charge is 0.244 e. The number of sulfonamides is 1. The summed E-state index contributed by atoms with van der Waals surface area (Å²) in [7, 11) is -3.49. The lowest BCUT2D eigenvalue weighted by molar-refractivity contribution is 0.396. The highest BCUT2D eigenvalue weighted by molar-refractivity contribution is 7.89. The first kappa shape index (κ1) is 17.2. The maximum atomic E-state index is 13.4. The van der Waals surface area contributed by atoms with Crippen LogP contribution in [0.5, 0.6) is 0 Å². The maximum absolute atomic E-state index is 13.4. The lowest BCUT2D eigenvalue weighted by Crippen LogP contribution is -2.31. The summed E-state index contributed by atoms with van der Waals surface area (Å²) in [4.78, 5) is 0.479. The fraction of sp³-hybridized carbons (Fsp3) is 0.400. The standard InChI is InChI=1S/C20H25NO2S/c1-14-7-9-18(10-8-14)19-6-5-11-21(19)24(22,23)20-16(3)12-15(2)13-17(20)4/h7-10,12-13,19H,5-6,11H2,1-4H3/t19-/m0/s1. The molecule has 4 heteroatoms. The molecule has 0 unspecified atom stereocenters. The van der Waals surface area contributed by atoms with Crippen LogP contribution in [0.25, 0.3) is 0 Å². The van der Waals surface area contributed by atoms with Gasteiger partial charge in [-0.2, -0.15) is 4.31 Å². The molecule has 0 radical (unpaired) electrons. The van der Waals surface area contributed by atoms with Crippen molar-refractivity contribution in [3.8, 4) is 0 Å². The zero-order valence-electron chi connectivity index (χ0n) is 14.8. The molecule has 1 atom stereocenters. The summed E-state index contributed by atoms with van der Waals surface area (Å²) in [5, 5.41) is 0. The Morgan fingerprint density at radius 3 is 2.08 bits per heavy atom. The molecular formula is C20H25NO2S. The van der Waals surface area contributed by atoms with E-state index in [-0.39, 0.29) is 6.04 Å². The number of aryl methyl sites for hydroxylation is 4. The first-order valence-corrected chi connectivity index (χ1v) is 9.91. The highest BCUT2D eigenvalue weighted by Crippen LogP contribution is 2.38. The van der Waals surface area contributed by atoms with E-state index in [1.54, 1.807) is 4.31 Å². The van der Waals surface area contributed by atoms with Gasteiger partial charge in [0.05, 0.1) is 10.9 Å². The molecule has 1 aliphatic rings. The predicted molar refractivity (Wildman–Crippen MR) is 97.7 cm³/mol. The van der Waals surface area contributed by atoms with Gasteiger partial charge in [-0.25, -0.2) is 8.42 Å². The molecule has 0 aliphatic carbocycles. The minimum atomic E-state index is -3.49. The molecule has 0 aromatic heterocycles. The fourth-order valence-corrected chi connectivity index (χ4v) is 5.94. The van der Waals surface area contributed by atoms with Crippen molar-refractivity contribution in [1.82, 2.24) is 4.31 Å². The number of nitrogens with zero attached hydrogens (tertiary/aromatic N) is 1. The van der Waals surface area contributed by atoms with Gasteiger partial charge in [0, 0.05) is 6.54 Å². The van der Waals surface area contributed by atoms with Crippen molar-refractivity contribution >= 4 is 10.0 Å². The second-order valence-corrected chi connectivity index (χ2v) is 8.74. The van der Waals surface area contributed by atoms with E-state index in [2.05, 4.69) is 24.3 Å².